The summed E-state index contributed by atoms with van der Waals surface area (Å²) in [5.74, 6) is 1.77. The van der Waals surface area contributed by atoms with E-state index < -0.39 is 0 Å². The predicted molar refractivity (Wildman–Crippen MR) is 66.8 cm³/mol. The third-order valence-electron chi connectivity index (χ3n) is 3.08. The third kappa shape index (κ3) is 8.41. The molecule has 1 heteroatoms. The van der Waals surface area contributed by atoms with E-state index in [0.717, 1.165) is 37.4 Å². The first-order chi connectivity index (χ1) is 7.07. The number of hydrogen-bond donors (Lipinski definition) is 0. The summed E-state index contributed by atoms with van der Waals surface area (Å²) < 4.78 is 0. The molecule has 2 atom stereocenters. The molecule has 88 valence electrons. The number of allylic oxidation sites excluding steroid dienone is 2. The van der Waals surface area contributed by atoms with Crippen LogP contribution in [0.3, 0.4) is 0 Å². The van der Waals surface area contributed by atoms with Gasteiger partial charge in [0.05, 0.1) is 0 Å². The molecule has 0 radical (unpaired) electrons. The van der Waals surface area contributed by atoms with E-state index in [1.54, 1.807) is 0 Å². The summed E-state index contributed by atoms with van der Waals surface area (Å²) in [4.78, 5) is 10.4. The van der Waals surface area contributed by atoms with Crippen LogP contribution in [-0.4, -0.2) is 6.29 Å². The topological polar surface area (TPSA) is 17.1 Å². The first-order valence-corrected chi connectivity index (χ1v) is 6.18. The minimum absolute atomic E-state index is 0.230. The smallest absolute Gasteiger partial charge is 0.122 e. The van der Waals surface area contributed by atoms with Crippen molar-refractivity contribution in [2.24, 2.45) is 17.8 Å². The summed E-state index contributed by atoms with van der Waals surface area (Å²) >= 11 is 0. The van der Waals surface area contributed by atoms with Gasteiger partial charge < -0.3 is 4.79 Å². The summed E-state index contributed by atoms with van der Waals surface area (Å²) in [5, 5.41) is 0. The van der Waals surface area contributed by atoms with Gasteiger partial charge in [0.15, 0.2) is 0 Å². The fourth-order valence-electron chi connectivity index (χ4n) is 1.33. The molecule has 0 amide bonds. The van der Waals surface area contributed by atoms with Gasteiger partial charge in [0, 0.05) is 5.92 Å². The van der Waals surface area contributed by atoms with Crippen LogP contribution in [0.1, 0.15) is 53.4 Å². The maximum Gasteiger partial charge on any atom is 0.122 e. The molecule has 0 heterocycles. The maximum absolute atomic E-state index is 10.4. The van der Waals surface area contributed by atoms with Gasteiger partial charge in [-0.15, -0.1) is 0 Å². The SMILES string of the molecule is CC(C)[C@@H](C)C/C=C\CCC[C@H](C)C=O. The van der Waals surface area contributed by atoms with Crippen LogP contribution in [0.25, 0.3) is 0 Å². The Morgan fingerprint density at radius 2 is 1.73 bits per heavy atom. The van der Waals surface area contributed by atoms with E-state index in [1.165, 1.54) is 6.42 Å². The summed E-state index contributed by atoms with van der Waals surface area (Å²) in [6, 6.07) is 0. The molecule has 0 fully saturated rings. The lowest BCUT2D eigenvalue weighted by Crippen LogP contribution is -2.01. The number of carbonyl (C=O) groups is 1. The van der Waals surface area contributed by atoms with Crippen molar-refractivity contribution in [3.05, 3.63) is 12.2 Å². The Morgan fingerprint density at radius 1 is 1.07 bits per heavy atom. The lowest BCUT2D eigenvalue weighted by Gasteiger charge is -2.12. The highest BCUT2D eigenvalue weighted by atomic mass is 16.1. The van der Waals surface area contributed by atoms with Crippen LogP contribution in [-0.2, 0) is 4.79 Å². The van der Waals surface area contributed by atoms with Crippen LogP contribution < -0.4 is 0 Å². The summed E-state index contributed by atoms with van der Waals surface area (Å²) in [6.45, 7) is 8.82. The van der Waals surface area contributed by atoms with Gasteiger partial charge in [0.2, 0.25) is 0 Å². The summed E-state index contributed by atoms with van der Waals surface area (Å²) in [6.07, 6.45) is 10.0. The molecule has 0 spiro atoms. The zero-order chi connectivity index (χ0) is 11.7. The zero-order valence-corrected chi connectivity index (χ0v) is 10.7. The van der Waals surface area contributed by atoms with E-state index >= 15 is 0 Å². The van der Waals surface area contributed by atoms with E-state index in [-0.39, 0.29) is 5.92 Å². The van der Waals surface area contributed by atoms with Gasteiger partial charge in [-0.25, -0.2) is 0 Å². The normalized spacial score (nSPS) is 15.8. The molecule has 0 aromatic heterocycles. The zero-order valence-electron chi connectivity index (χ0n) is 10.7. The number of rotatable bonds is 8. The van der Waals surface area contributed by atoms with Crippen molar-refractivity contribution >= 4 is 6.29 Å². The Hall–Kier alpha value is -0.590. The predicted octanol–water partition coefficient (Wildman–Crippen LogP) is 4.23. The number of hydrogen-bond acceptors (Lipinski definition) is 1. The molecule has 0 saturated carbocycles. The van der Waals surface area contributed by atoms with Crippen LogP contribution in [0, 0.1) is 17.8 Å². The number of carbonyl (C=O) groups excluding carboxylic acids is 1. The van der Waals surface area contributed by atoms with Gasteiger partial charge in [-0.1, -0.05) is 39.8 Å². The Kier molecular flexibility index (Phi) is 8.35. The highest BCUT2D eigenvalue weighted by Gasteiger charge is 2.03. The van der Waals surface area contributed by atoms with E-state index in [9.17, 15) is 4.79 Å². The fraction of sp³-hybridized carbons (Fsp3) is 0.786. The highest BCUT2D eigenvalue weighted by molar-refractivity contribution is 5.52. The van der Waals surface area contributed by atoms with Crippen LogP contribution in [0.4, 0.5) is 0 Å². The van der Waals surface area contributed by atoms with Crippen LogP contribution >= 0.6 is 0 Å². The molecule has 1 nitrogen and oxygen atoms in total. The van der Waals surface area contributed by atoms with E-state index in [0.29, 0.717) is 0 Å². The fourth-order valence-corrected chi connectivity index (χ4v) is 1.33. The van der Waals surface area contributed by atoms with Gasteiger partial charge in [-0.05, 0) is 37.5 Å². The highest BCUT2D eigenvalue weighted by Crippen LogP contribution is 2.14. The lowest BCUT2D eigenvalue weighted by molar-refractivity contribution is -0.110. The number of aldehydes is 1. The molecule has 0 rings (SSSR count). The van der Waals surface area contributed by atoms with Crippen LogP contribution in [0.15, 0.2) is 12.2 Å². The molecule has 0 bridgehead atoms. The molecule has 0 aliphatic rings. The Morgan fingerprint density at radius 3 is 2.27 bits per heavy atom. The van der Waals surface area contributed by atoms with Gasteiger partial charge in [0.25, 0.3) is 0 Å². The monoisotopic (exact) mass is 210 g/mol. The summed E-state index contributed by atoms with van der Waals surface area (Å²) in [7, 11) is 0. The van der Waals surface area contributed by atoms with Crippen molar-refractivity contribution in [2.75, 3.05) is 0 Å². The minimum Gasteiger partial charge on any atom is -0.303 e. The van der Waals surface area contributed by atoms with Gasteiger partial charge in [-0.3, -0.25) is 0 Å². The molecular weight excluding hydrogens is 184 g/mol. The molecule has 0 aromatic carbocycles. The molecule has 0 unspecified atom stereocenters. The molecule has 0 aliphatic heterocycles. The van der Waals surface area contributed by atoms with Gasteiger partial charge in [0.1, 0.15) is 6.29 Å². The summed E-state index contributed by atoms with van der Waals surface area (Å²) in [5.41, 5.74) is 0. The Balaban J connectivity index is 3.43. The van der Waals surface area contributed by atoms with Crippen molar-refractivity contribution in [1.29, 1.82) is 0 Å². The van der Waals surface area contributed by atoms with Crippen LogP contribution in [0.5, 0.6) is 0 Å². The standard InChI is InChI=1S/C14H26O/c1-12(2)14(4)10-8-6-5-7-9-13(3)11-15/h6,8,11-14H,5,7,9-10H2,1-4H3/b8-6-/t13-,14-/m0/s1. The van der Waals surface area contributed by atoms with Crippen molar-refractivity contribution in [3.63, 3.8) is 0 Å². The first-order valence-electron chi connectivity index (χ1n) is 6.18. The molecular formula is C14H26O. The number of unbranched alkanes of at least 4 members (excludes halogenated alkanes) is 1. The van der Waals surface area contributed by atoms with Crippen LogP contribution in [0.2, 0.25) is 0 Å². The van der Waals surface area contributed by atoms with Crippen molar-refractivity contribution in [2.45, 2.75) is 53.4 Å². The Labute approximate surface area is 95.0 Å². The van der Waals surface area contributed by atoms with Gasteiger partial charge >= 0.3 is 0 Å². The van der Waals surface area contributed by atoms with Gasteiger partial charge in [-0.2, -0.15) is 0 Å². The second-order valence-electron chi connectivity index (χ2n) is 4.97. The lowest BCUT2D eigenvalue weighted by atomic mass is 9.94. The molecule has 0 aliphatic carbocycles. The van der Waals surface area contributed by atoms with E-state index in [2.05, 4.69) is 32.9 Å². The Bertz CT molecular complexity index is 182. The quantitative estimate of drug-likeness (QED) is 0.333. The molecule has 0 saturated heterocycles. The third-order valence-corrected chi connectivity index (χ3v) is 3.08. The second kappa shape index (κ2) is 8.70. The average Bonchev–Trinajstić information content (AvgIpc) is 2.22. The largest absolute Gasteiger partial charge is 0.303 e. The molecule has 15 heavy (non-hydrogen) atoms. The minimum atomic E-state index is 0.230. The van der Waals surface area contributed by atoms with Crippen molar-refractivity contribution in [3.8, 4) is 0 Å². The maximum atomic E-state index is 10.4. The first kappa shape index (κ1) is 14.4. The second-order valence-corrected chi connectivity index (χ2v) is 4.97. The van der Waals surface area contributed by atoms with E-state index in [1.807, 2.05) is 6.92 Å². The molecule has 0 aromatic rings. The van der Waals surface area contributed by atoms with E-state index in [4.69, 9.17) is 0 Å². The molecule has 0 N–H and O–H groups in total. The van der Waals surface area contributed by atoms with Crippen molar-refractivity contribution < 1.29 is 4.79 Å². The average molecular weight is 210 g/mol. The van der Waals surface area contributed by atoms with Crippen molar-refractivity contribution in [1.82, 2.24) is 0 Å².